The van der Waals surface area contributed by atoms with E-state index in [0.29, 0.717) is 16.2 Å². The van der Waals surface area contributed by atoms with Crippen LogP contribution in [-0.2, 0) is 21.4 Å². The Labute approximate surface area is 227 Å². The average Bonchev–Trinajstić information content (AvgIpc) is 3.34. The van der Waals surface area contributed by atoms with Crippen LogP contribution in [0.2, 0.25) is 5.02 Å². The lowest BCUT2D eigenvalue weighted by Gasteiger charge is -2.33. The number of carbonyl (C=O) groups is 1. The van der Waals surface area contributed by atoms with Crippen LogP contribution in [0.3, 0.4) is 0 Å². The molecule has 0 aliphatic carbocycles. The van der Waals surface area contributed by atoms with Crippen molar-refractivity contribution in [2.45, 2.75) is 31.2 Å². The number of benzene rings is 2. The summed E-state index contributed by atoms with van der Waals surface area (Å²) in [6.45, 7) is 2.19. The average molecular weight is 577 g/mol. The van der Waals surface area contributed by atoms with Crippen molar-refractivity contribution in [3.63, 3.8) is 0 Å². The summed E-state index contributed by atoms with van der Waals surface area (Å²) in [5.74, 6) is -2.64. The number of sulfonamides is 1. The number of anilines is 1. The topological polar surface area (TPSA) is 83.5 Å². The molecule has 0 saturated carbocycles. The fourth-order valence-electron chi connectivity index (χ4n) is 4.51. The van der Waals surface area contributed by atoms with Crippen LogP contribution < -0.4 is 4.90 Å². The van der Waals surface area contributed by atoms with E-state index in [1.54, 1.807) is 29.4 Å². The second kappa shape index (κ2) is 10.6. The van der Waals surface area contributed by atoms with E-state index in [1.165, 1.54) is 11.3 Å². The number of amides is 1. The van der Waals surface area contributed by atoms with Crippen LogP contribution in [0.4, 0.5) is 13.9 Å². The summed E-state index contributed by atoms with van der Waals surface area (Å²) >= 11 is 7.66. The molecule has 0 bridgehead atoms. The van der Waals surface area contributed by atoms with Crippen molar-refractivity contribution in [3.05, 3.63) is 82.6 Å². The van der Waals surface area contributed by atoms with Crippen molar-refractivity contribution in [3.8, 4) is 0 Å². The van der Waals surface area contributed by atoms with Gasteiger partial charge in [0.1, 0.15) is 16.5 Å². The van der Waals surface area contributed by atoms with Crippen molar-refractivity contribution in [1.29, 1.82) is 0 Å². The number of piperidine rings is 1. The first-order chi connectivity index (χ1) is 18.1. The van der Waals surface area contributed by atoms with Crippen LogP contribution in [0.25, 0.3) is 10.2 Å². The molecule has 1 aliphatic rings. The molecule has 5 rings (SSSR count). The second-order valence-electron chi connectivity index (χ2n) is 9.05. The summed E-state index contributed by atoms with van der Waals surface area (Å²) in [4.78, 5) is 23.7. The van der Waals surface area contributed by atoms with Crippen LogP contribution in [0.5, 0.6) is 0 Å². The first-order valence-electron chi connectivity index (χ1n) is 11.9. The van der Waals surface area contributed by atoms with E-state index in [-0.39, 0.29) is 38.4 Å². The zero-order chi connectivity index (χ0) is 27.0. The molecule has 0 unspecified atom stereocenters. The van der Waals surface area contributed by atoms with Crippen LogP contribution in [-0.4, -0.2) is 41.7 Å². The highest BCUT2D eigenvalue weighted by Gasteiger charge is 2.36. The molecular weight excluding hydrogens is 554 g/mol. The van der Waals surface area contributed by atoms with Crippen molar-refractivity contribution in [2.75, 3.05) is 18.0 Å². The van der Waals surface area contributed by atoms with E-state index in [4.69, 9.17) is 16.6 Å². The molecule has 0 radical (unpaired) electrons. The van der Waals surface area contributed by atoms with Gasteiger partial charge in [0, 0.05) is 42.5 Å². The molecule has 3 heterocycles. The van der Waals surface area contributed by atoms with Gasteiger partial charge in [-0.1, -0.05) is 29.0 Å². The number of aryl methyl sites for hydroxylation is 1. The third-order valence-electron chi connectivity index (χ3n) is 6.61. The van der Waals surface area contributed by atoms with Crippen molar-refractivity contribution in [2.24, 2.45) is 5.92 Å². The zero-order valence-corrected chi connectivity index (χ0v) is 22.7. The first kappa shape index (κ1) is 26.6. The van der Waals surface area contributed by atoms with E-state index >= 15 is 0 Å². The molecule has 2 aromatic carbocycles. The summed E-state index contributed by atoms with van der Waals surface area (Å²) in [7, 11) is -4.17. The van der Waals surface area contributed by atoms with Gasteiger partial charge in [0.15, 0.2) is 5.13 Å². The van der Waals surface area contributed by atoms with Crippen molar-refractivity contribution < 1.29 is 22.0 Å². The molecule has 0 atom stereocenters. The Kier molecular flexibility index (Phi) is 7.45. The van der Waals surface area contributed by atoms with Gasteiger partial charge in [0.05, 0.1) is 16.8 Å². The Morgan fingerprint density at radius 1 is 1.18 bits per heavy atom. The third kappa shape index (κ3) is 5.15. The molecule has 198 valence electrons. The van der Waals surface area contributed by atoms with Gasteiger partial charge in [-0.05, 0) is 61.2 Å². The number of thiazole rings is 1. The summed E-state index contributed by atoms with van der Waals surface area (Å²) in [6.07, 6.45) is 3.83. The van der Waals surface area contributed by atoms with Crippen LogP contribution >= 0.6 is 22.9 Å². The van der Waals surface area contributed by atoms with Gasteiger partial charge >= 0.3 is 0 Å². The van der Waals surface area contributed by atoms with Gasteiger partial charge in [-0.25, -0.2) is 22.2 Å². The summed E-state index contributed by atoms with van der Waals surface area (Å²) in [6, 6.07) is 9.72. The molecule has 0 N–H and O–H groups in total. The molecule has 12 heteroatoms. The maximum Gasteiger partial charge on any atom is 0.245 e. The minimum Gasteiger partial charge on any atom is -0.283 e. The Morgan fingerprint density at radius 3 is 2.63 bits per heavy atom. The quantitative estimate of drug-likeness (QED) is 0.300. The largest absolute Gasteiger partial charge is 0.283 e. The molecule has 0 spiro atoms. The van der Waals surface area contributed by atoms with E-state index < -0.39 is 32.5 Å². The number of aromatic nitrogens is 2. The fourth-order valence-corrected chi connectivity index (χ4v) is 7.20. The molecular formula is C26H23ClF2N4O3S2. The number of rotatable bonds is 6. The van der Waals surface area contributed by atoms with Crippen LogP contribution in [0, 0.1) is 24.5 Å². The van der Waals surface area contributed by atoms with E-state index in [2.05, 4.69) is 4.98 Å². The first-order valence-corrected chi connectivity index (χ1v) is 14.5. The molecule has 7 nitrogen and oxygen atoms in total. The number of pyridine rings is 1. The van der Waals surface area contributed by atoms with Gasteiger partial charge in [-0.2, -0.15) is 4.31 Å². The van der Waals surface area contributed by atoms with Gasteiger partial charge in [0.25, 0.3) is 0 Å². The van der Waals surface area contributed by atoms with Crippen molar-refractivity contribution in [1.82, 2.24) is 14.3 Å². The molecule has 1 aliphatic heterocycles. The lowest BCUT2D eigenvalue weighted by molar-refractivity contribution is -0.123. The normalized spacial score (nSPS) is 15.2. The molecule has 1 saturated heterocycles. The third-order valence-corrected chi connectivity index (χ3v) is 10.00. The summed E-state index contributed by atoms with van der Waals surface area (Å²) in [5, 5.41) is 1.10. The lowest BCUT2D eigenvalue weighted by atomic mass is 9.96. The molecule has 1 fully saturated rings. The number of halogens is 3. The minimum absolute atomic E-state index is 0.0326. The van der Waals surface area contributed by atoms with Gasteiger partial charge < -0.3 is 0 Å². The number of carbonyl (C=O) groups excluding carboxylic acids is 1. The SMILES string of the molecule is Cc1c(Cl)ccc2sc(N(Cc3cccnc3)C(=O)C3CCN(S(=O)(=O)c4ccc(F)cc4F)CC3)nc12. The van der Waals surface area contributed by atoms with E-state index in [1.807, 2.05) is 19.1 Å². The highest BCUT2D eigenvalue weighted by Crippen LogP contribution is 2.36. The fraction of sp³-hybridized carbons (Fsp3) is 0.269. The maximum atomic E-state index is 14.2. The number of hydrogen-bond acceptors (Lipinski definition) is 6. The zero-order valence-electron chi connectivity index (χ0n) is 20.3. The Bertz CT molecular complexity index is 1610. The van der Waals surface area contributed by atoms with Crippen molar-refractivity contribution >= 4 is 54.2 Å². The molecule has 2 aromatic heterocycles. The number of nitrogens with zero attached hydrogens (tertiary/aromatic N) is 4. The van der Waals surface area contributed by atoms with Gasteiger partial charge in [-0.3, -0.25) is 14.7 Å². The number of fused-ring (bicyclic) bond motifs is 1. The second-order valence-corrected chi connectivity index (χ2v) is 12.4. The molecule has 1 amide bonds. The smallest absolute Gasteiger partial charge is 0.245 e. The summed E-state index contributed by atoms with van der Waals surface area (Å²) < 4.78 is 55.5. The lowest BCUT2D eigenvalue weighted by Crippen LogP contribution is -2.44. The predicted molar refractivity (Wildman–Crippen MR) is 143 cm³/mol. The molecule has 38 heavy (non-hydrogen) atoms. The highest BCUT2D eigenvalue weighted by molar-refractivity contribution is 7.89. The van der Waals surface area contributed by atoms with E-state index in [0.717, 1.165) is 37.8 Å². The van der Waals surface area contributed by atoms with Crippen LogP contribution in [0.1, 0.15) is 24.0 Å². The highest BCUT2D eigenvalue weighted by atomic mass is 35.5. The number of hydrogen-bond donors (Lipinski definition) is 0. The Balaban J connectivity index is 1.39. The van der Waals surface area contributed by atoms with Crippen LogP contribution in [0.15, 0.2) is 59.8 Å². The van der Waals surface area contributed by atoms with E-state index in [9.17, 15) is 22.0 Å². The van der Waals surface area contributed by atoms with Gasteiger partial charge in [0.2, 0.25) is 15.9 Å². The minimum atomic E-state index is -4.17. The Hall–Kier alpha value is -2.99. The maximum absolute atomic E-state index is 14.2. The Morgan fingerprint density at radius 2 is 1.95 bits per heavy atom. The summed E-state index contributed by atoms with van der Waals surface area (Å²) in [5.41, 5.74) is 2.37. The standard InChI is InChI=1S/C26H23ClF2N4O3S2/c1-16-20(27)5-6-22-24(16)31-26(37-22)33(15-17-3-2-10-30-14-17)25(34)18-8-11-32(12-9-18)38(35,36)23-7-4-19(28)13-21(23)29/h2-7,10,13-14,18H,8-9,11-12,15H2,1H3. The molecule has 4 aromatic rings. The monoisotopic (exact) mass is 576 g/mol. The van der Waals surface area contributed by atoms with Gasteiger partial charge in [-0.15, -0.1) is 0 Å². The predicted octanol–water partition coefficient (Wildman–Crippen LogP) is 5.57.